The monoisotopic (exact) mass is 472 g/mol. The largest absolute Gasteiger partial charge is 0.344 e. The highest BCUT2D eigenvalue weighted by molar-refractivity contribution is 6.04. The van der Waals surface area contributed by atoms with Gasteiger partial charge in [-0.15, -0.1) is 10.2 Å². The molecule has 0 radical (unpaired) electrons. The van der Waals surface area contributed by atoms with Crippen LogP contribution in [0.25, 0.3) is 0 Å². The van der Waals surface area contributed by atoms with Gasteiger partial charge in [0.2, 0.25) is 5.69 Å². The van der Waals surface area contributed by atoms with Crippen LogP contribution in [0.2, 0.25) is 0 Å². The molecular weight excluding hydrogens is 440 g/mol. The van der Waals surface area contributed by atoms with Crippen molar-refractivity contribution >= 4 is 17.1 Å². The highest BCUT2D eigenvalue weighted by Crippen LogP contribution is 2.49. The maximum Gasteiger partial charge on any atom is 0.209 e. The number of anilines is 1. The van der Waals surface area contributed by atoms with E-state index in [9.17, 15) is 0 Å². The van der Waals surface area contributed by atoms with Gasteiger partial charge < -0.3 is 4.90 Å². The van der Waals surface area contributed by atoms with Gasteiger partial charge in [0.1, 0.15) is 7.05 Å². The normalized spacial score (nSPS) is 19.3. The van der Waals surface area contributed by atoms with Gasteiger partial charge in [-0.05, 0) is 31.9 Å². The number of nitrogens with zero attached hydrogens (tertiary/aromatic N) is 2. The van der Waals surface area contributed by atoms with E-state index < -0.39 is 10.2 Å². The van der Waals surface area contributed by atoms with Crippen molar-refractivity contribution in [2.24, 2.45) is 0 Å². The van der Waals surface area contributed by atoms with E-state index in [0.717, 1.165) is 6.54 Å². The van der Waals surface area contributed by atoms with E-state index in [1.807, 2.05) is 0 Å². The second-order valence-corrected chi connectivity index (χ2v) is 10.4. The molecule has 0 unspecified atom stereocenters. The zero-order valence-corrected chi connectivity index (χ0v) is 21.0. The minimum Gasteiger partial charge on any atom is -0.344 e. The molecule has 33 heavy (non-hydrogen) atoms. The summed E-state index contributed by atoms with van der Waals surface area (Å²) < 4.78 is 36.4. The van der Waals surface area contributed by atoms with Crippen LogP contribution in [0.15, 0.2) is 60.3 Å². The minimum atomic E-state index is -4.94. The number of halogens is 1. The van der Waals surface area contributed by atoms with Gasteiger partial charge in [0.05, 0.1) is 5.41 Å². The number of rotatable bonds is 4. The summed E-state index contributed by atoms with van der Waals surface area (Å²) in [6.07, 6.45) is 4.89. The molecule has 4 rings (SSSR count). The lowest BCUT2D eigenvalue weighted by molar-refractivity contribution is -2.00. The van der Waals surface area contributed by atoms with E-state index in [2.05, 4.69) is 106 Å². The number of para-hydroxylation sites is 2. The van der Waals surface area contributed by atoms with E-state index in [-0.39, 0.29) is 10.8 Å². The fourth-order valence-corrected chi connectivity index (χ4v) is 5.05. The minimum absolute atomic E-state index is 0.000373. The first-order chi connectivity index (χ1) is 15.3. The van der Waals surface area contributed by atoms with E-state index in [1.165, 1.54) is 46.8 Å². The van der Waals surface area contributed by atoms with Crippen LogP contribution in [0.3, 0.4) is 0 Å². The van der Waals surface area contributed by atoms with Crippen molar-refractivity contribution in [3.8, 4) is 0 Å². The number of hydrogen-bond donors (Lipinski definition) is 0. The highest BCUT2D eigenvalue weighted by atomic mass is 35.7. The molecule has 2 aromatic rings. The summed E-state index contributed by atoms with van der Waals surface area (Å²) in [5.41, 5.74) is 8.36. The van der Waals surface area contributed by atoms with Crippen LogP contribution >= 0.6 is 0 Å². The molecule has 0 aromatic heterocycles. The van der Waals surface area contributed by atoms with Gasteiger partial charge >= 0.3 is 0 Å². The van der Waals surface area contributed by atoms with Gasteiger partial charge in [-0.2, -0.15) is 4.58 Å². The number of fused-ring (bicyclic) bond motifs is 2. The smallest absolute Gasteiger partial charge is 0.209 e. The number of unbranched alkanes of at least 4 members (excludes halogenated alkanes) is 1. The fourth-order valence-electron chi connectivity index (χ4n) is 5.05. The SMILES string of the molecule is CCCCN1/C(=C/C2=[N+](C)c3ccccc3C2(C)C)C(C)(C)c2ccccc21.[O-][Cl+3]([O-])([O-])[O-]. The number of hydrogen-bond acceptors (Lipinski definition) is 5. The lowest BCUT2D eigenvalue weighted by atomic mass is 9.78. The molecule has 2 heterocycles. The van der Waals surface area contributed by atoms with E-state index in [1.54, 1.807) is 0 Å². The van der Waals surface area contributed by atoms with Crippen LogP contribution in [-0.4, -0.2) is 23.9 Å². The average molecular weight is 473 g/mol. The first-order valence-electron chi connectivity index (χ1n) is 11.2. The molecule has 178 valence electrons. The Bertz CT molecular complexity index is 1080. The van der Waals surface area contributed by atoms with Crippen LogP contribution < -0.4 is 23.5 Å². The summed E-state index contributed by atoms with van der Waals surface area (Å²) in [7, 11) is -2.73. The van der Waals surface area contributed by atoms with Crippen LogP contribution in [-0.2, 0) is 10.8 Å². The molecular formula is C26H33ClN2O4. The molecule has 0 aliphatic carbocycles. The molecule has 0 saturated heterocycles. The molecule has 6 nitrogen and oxygen atoms in total. The average Bonchev–Trinajstić information content (AvgIpc) is 3.06. The van der Waals surface area contributed by atoms with Gasteiger partial charge in [-0.25, -0.2) is 18.6 Å². The highest BCUT2D eigenvalue weighted by Gasteiger charge is 2.46. The molecule has 0 N–H and O–H groups in total. The van der Waals surface area contributed by atoms with Crippen molar-refractivity contribution < 1.29 is 33.5 Å². The summed E-state index contributed by atoms with van der Waals surface area (Å²) >= 11 is 0. The van der Waals surface area contributed by atoms with Crippen LogP contribution in [0.4, 0.5) is 11.4 Å². The van der Waals surface area contributed by atoms with E-state index in [4.69, 9.17) is 18.6 Å². The van der Waals surface area contributed by atoms with Crippen molar-refractivity contribution in [2.45, 2.75) is 58.3 Å². The Morgan fingerprint density at radius 1 is 0.879 bits per heavy atom. The Balaban J connectivity index is 0.000000555. The summed E-state index contributed by atoms with van der Waals surface area (Å²) in [5, 5.41) is 0. The first-order valence-corrected chi connectivity index (χ1v) is 12.4. The van der Waals surface area contributed by atoms with Crippen molar-refractivity contribution in [3.05, 3.63) is 71.4 Å². The van der Waals surface area contributed by atoms with E-state index >= 15 is 0 Å². The molecule has 0 bridgehead atoms. The Hall–Kier alpha value is -2.22. The molecule has 0 fully saturated rings. The fraction of sp³-hybridized carbons (Fsp3) is 0.423. The molecule has 2 aliphatic rings. The second-order valence-electron chi connectivity index (χ2n) is 9.64. The molecule has 0 saturated carbocycles. The van der Waals surface area contributed by atoms with E-state index in [0.29, 0.717) is 0 Å². The topological polar surface area (TPSA) is 98.5 Å². The maximum atomic E-state index is 8.49. The van der Waals surface area contributed by atoms with Gasteiger partial charge in [0, 0.05) is 41.1 Å². The quantitative estimate of drug-likeness (QED) is 0.626. The number of allylic oxidation sites excluding steroid dienone is 2. The van der Waals surface area contributed by atoms with Crippen LogP contribution in [0, 0.1) is 10.2 Å². The second kappa shape index (κ2) is 9.20. The first kappa shape index (κ1) is 25.4. The van der Waals surface area contributed by atoms with Gasteiger partial charge in [-0.3, -0.25) is 0 Å². The van der Waals surface area contributed by atoms with Crippen molar-refractivity contribution in [1.29, 1.82) is 0 Å². The van der Waals surface area contributed by atoms with Gasteiger partial charge in [0.15, 0.2) is 5.71 Å². The zero-order chi connectivity index (χ0) is 24.6. The molecule has 0 amide bonds. The standard InChI is InChI=1S/C26H33N2.ClHO4/c1-7-8-17-28-22-16-12-10-14-20(22)26(4,5)24(28)18-23-25(2,3)19-13-9-11-15-21(19)27(23)6;2-1(3,4)5/h9-16,18H,7-8,17H2,1-6H3;(H,2,3,4,5)/q+1;/p-1. The van der Waals surface area contributed by atoms with Crippen molar-refractivity contribution in [3.63, 3.8) is 0 Å². The summed E-state index contributed by atoms with van der Waals surface area (Å²) in [5.74, 6) is 0. The molecule has 0 atom stereocenters. The van der Waals surface area contributed by atoms with Gasteiger partial charge in [-0.1, -0.05) is 63.6 Å². The third kappa shape index (κ3) is 5.00. The third-order valence-electron chi connectivity index (χ3n) is 6.75. The Morgan fingerprint density at radius 3 is 2.00 bits per heavy atom. The van der Waals surface area contributed by atoms with Gasteiger partial charge in [0.25, 0.3) is 0 Å². The van der Waals surface area contributed by atoms with Crippen molar-refractivity contribution in [1.82, 2.24) is 0 Å². The number of benzene rings is 2. The third-order valence-corrected chi connectivity index (χ3v) is 6.75. The summed E-state index contributed by atoms with van der Waals surface area (Å²) in [4.78, 5) is 2.57. The Morgan fingerprint density at radius 2 is 1.42 bits per heavy atom. The maximum absolute atomic E-state index is 8.49. The lowest BCUT2D eigenvalue weighted by Crippen LogP contribution is -2.68. The predicted molar refractivity (Wildman–Crippen MR) is 120 cm³/mol. The molecule has 2 aliphatic heterocycles. The predicted octanol–water partition coefficient (Wildman–Crippen LogP) is 1.42. The molecule has 2 aromatic carbocycles. The summed E-state index contributed by atoms with van der Waals surface area (Å²) in [6, 6.07) is 17.8. The summed E-state index contributed by atoms with van der Waals surface area (Å²) in [6.45, 7) is 12.8. The van der Waals surface area contributed by atoms with Crippen LogP contribution in [0.1, 0.15) is 58.6 Å². The lowest BCUT2D eigenvalue weighted by Gasteiger charge is -2.28. The Labute approximate surface area is 198 Å². The molecule has 0 spiro atoms. The van der Waals surface area contributed by atoms with Crippen LogP contribution in [0.5, 0.6) is 0 Å². The molecule has 7 heteroatoms. The zero-order valence-electron chi connectivity index (χ0n) is 20.2. The van der Waals surface area contributed by atoms with Crippen molar-refractivity contribution in [2.75, 3.05) is 18.5 Å². The Kier molecular flexibility index (Phi) is 7.08.